The summed E-state index contributed by atoms with van der Waals surface area (Å²) in [6, 6.07) is 18.0. The van der Waals surface area contributed by atoms with Crippen LogP contribution in [0.3, 0.4) is 0 Å². The van der Waals surface area contributed by atoms with Crippen LogP contribution in [-0.4, -0.2) is 37.1 Å². The Morgan fingerprint density at radius 1 is 0.966 bits per heavy atom. The number of para-hydroxylation sites is 1. The van der Waals surface area contributed by atoms with Gasteiger partial charge in [0.1, 0.15) is 11.6 Å². The third-order valence-corrected chi connectivity index (χ3v) is 5.10. The van der Waals surface area contributed by atoms with E-state index in [4.69, 9.17) is 0 Å². The van der Waals surface area contributed by atoms with Gasteiger partial charge in [-0.15, -0.1) is 0 Å². The number of nitrogens with one attached hydrogen (secondary N) is 1. The first-order chi connectivity index (χ1) is 14.1. The number of halogens is 1. The Morgan fingerprint density at radius 2 is 1.72 bits per heavy atom. The molecule has 1 aliphatic heterocycles. The molecule has 0 bridgehead atoms. The molecule has 2 aromatic carbocycles. The Hall–Kier alpha value is -3.41. The molecular weight excluding hydrogens is 367 g/mol. The SMILES string of the molecule is Cc1cccc(N2CCN(c3cc(C(=O)Nc4ccccc4F)ccn3)CC2)c1. The van der Waals surface area contributed by atoms with Crippen LogP contribution in [-0.2, 0) is 0 Å². The maximum absolute atomic E-state index is 13.8. The van der Waals surface area contributed by atoms with E-state index in [2.05, 4.69) is 51.3 Å². The highest BCUT2D eigenvalue weighted by Gasteiger charge is 2.19. The zero-order valence-electron chi connectivity index (χ0n) is 16.3. The molecule has 0 saturated carbocycles. The second-order valence-electron chi connectivity index (χ2n) is 7.15. The van der Waals surface area contributed by atoms with Crippen LogP contribution in [0.1, 0.15) is 15.9 Å². The number of aryl methyl sites for hydroxylation is 1. The lowest BCUT2D eigenvalue weighted by Crippen LogP contribution is -2.46. The fourth-order valence-electron chi connectivity index (χ4n) is 3.51. The van der Waals surface area contributed by atoms with Crippen LogP contribution in [0.2, 0.25) is 0 Å². The van der Waals surface area contributed by atoms with Crippen molar-refractivity contribution in [3.63, 3.8) is 0 Å². The summed E-state index contributed by atoms with van der Waals surface area (Å²) >= 11 is 0. The molecular formula is C23H23FN4O. The molecule has 29 heavy (non-hydrogen) atoms. The monoisotopic (exact) mass is 390 g/mol. The molecule has 5 nitrogen and oxygen atoms in total. The number of carbonyl (C=O) groups excluding carboxylic acids is 1. The minimum Gasteiger partial charge on any atom is -0.368 e. The van der Waals surface area contributed by atoms with Crippen molar-refractivity contribution in [3.8, 4) is 0 Å². The molecule has 1 amide bonds. The van der Waals surface area contributed by atoms with Crippen molar-refractivity contribution in [1.29, 1.82) is 0 Å². The molecule has 6 heteroatoms. The van der Waals surface area contributed by atoms with Crippen LogP contribution < -0.4 is 15.1 Å². The van der Waals surface area contributed by atoms with E-state index in [0.717, 1.165) is 32.0 Å². The van der Waals surface area contributed by atoms with E-state index in [0.29, 0.717) is 5.56 Å². The second kappa shape index (κ2) is 8.31. The van der Waals surface area contributed by atoms with Crippen LogP contribution >= 0.6 is 0 Å². The summed E-state index contributed by atoms with van der Waals surface area (Å²) in [5.41, 5.74) is 3.11. The summed E-state index contributed by atoms with van der Waals surface area (Å²) in [5, 5.41) is 2.62. The molecule has 1 fully saturated rings. The number of anilines is 3. The van der Waals surface area contributed by atoms with Crippen molar-refractivity contribution in [1.82, 2.24) is 4.98 Å². The number of piperazine rings is 1. The van der Waals surface area contributed by atoms with Gasteiger partial charge in [0.2, 0.25) is 0 Å². The summed E-state index contributed by atoms with van der Waals surface area (Å²) in [4.78, 5) is 21.5. The molecule has 0 aliphatic carbocycles. The Balaban J connectivity index is 1.43. The molecule has 148 valence electrons. The van der Waals surface area contributed by atoms with E-state index >= 15 is 0 Å². The molecule has 0 atom stereocenters. The largest absolute Gasteiger partial charge is 0.368 e. The van der Waals surface area contributed by atoms with E-state index in [-0.39, 0.29) is 11.6 Å². The lowest BCUT2D eigenvalue weighted by Gasteiger charge is -2.37. The zero-order chi connectivity index (χ0) is 20.2. The Kier molecular flexibility index (Phi) is 5.42. The predicted octanol–water partition coefficient (Wildman–Crippen LogP) is 4.11. The van der Waals surface area contributed by atoms with Gasteiger partial charge in [-0.1, -0.05) is 24.3 Å². The van der Waals surface area contributed by atoms with Crippen molar-refractivity contribution in [2.75, 3.05) is 41.3 Å². The minimum absolute atomic E-state index is 0.169. The molecule has 0 spiro atoms. The van der Waals surface area contributed by atoms with Crippen molar-refractivity contribution < 1.29 is 9.18 Å². The van der Waals surface area contributed by atoms with Gasteiger partial charge in [-0.25, -0.2) is 9.37 Å². The Bertz CT molecular complexity index is 1020. The lowest BCUT2D eigenvalue weighted by molar-refractivity contribution is 0.102. The number of nitrogens with zero attached hydrogens (tertiary/aromatic N) is 3. The van der Waals surface area contributed by atoms with Gasteiger partial charge in [-0.2, -0.15) is 0 Å². The van der Waals surface area contributed by atoms with Crippen LogP contribution in [0.25, 0.3) is 0 Å². The predicted molar refractivity (Wildman–Crippen MR) is 114 cm³/mol. The Labute approximate surface area is 169 Å². The van der Waals surface area contributed by atoms with Gasteiger partial charge >= 0.3 is 0 Å². The number of benzene rings is 2. The summed E-state index contributed by atoms with van der Waals surface area (Å²) in [6.45, 7) is 5.51. The van der Waals surface area contributed by atoms with Crippen molar-refractivity contribution in [3.05, 3.63) is 83.8 Å². The summed E-state index contributed by atoms with van der Waals surface area (Å²) < 4.78 is 13.8. The first-order valence-electron chi connectivity index (χ1n) is 9.69. The molecule has 0 unspecified atom stereocenters. The number of amides is 1. The molecule has 1 aliphatic rings. The van der Waals surface area contributed by atoms with Gasteiger partial charge < -0.3 is 15.1 Å². The van der Waals surface area contributed by atoms with Gasteiger partial charge in [0.15, 0.2) is 0 Å². The molecule has 1 saturated heterocycles. The van der Waals surface area contributed by atoms with Gasteiger partial charge in [-0.05, 0) is 48.9 Å². The molecule has 4 rings (SSSR count). The zero-order valence-corrected chi connectivity index (χ0v) is 16.3. The number of pyridine rings is 1. The smallest absolute Gasteiger partial charge is 0.255 e. The number of rotatable bonds is 4. The third-order valence-electron chi connectivity index (χ3n) is 5.10. The van der Waals surface area contributed by atoms with E-state index in [1.807, 2.05) is 0 Å². The van der Waals surface area contributed by atoms with E-state index in [9.17, 15) is 9.18 Å². The summed E-state index contributed by atoms with van der Waals surface area (Å²) in [7, 11) is 0. The fraction of sp³-hybridized carbons (Fsp3) is 0.217. The van der Waals surface area contributed by atoms with Gasteiger partial charge in [0.05, 0.1) is 5.69 Å². The number of hydrogen-bond donors (Lipinski definition) is 1. The maximum Gasteiger partial charge on any atom is 0.255 e. The quantitative estimate of drug-likeness (QED) is 0.728. The Morgan fingerprint density at radius 3 is 2.48 bits per heavy atom. The first-order valence-corrected chi connectivity index (χ1v) is 9.69. The van der Waals surface area contributed by atoms with Crippen molar-refractivity contribution >= 4 is 23.1 Å². The highest BCUT2D eigenvalue weighted by atomic mass is 19.1. The third kappa shape index (κ3) is 4.37. The topological polar surface area (TPSA) is 48.5 Å². The normalized spacial score (nSPS) is 14.0. The van der Waals surface area contributed by atoms with Crippen LogP contribution in [0.5, 0.6) is 0 Å². The van der Waals surface area contributed by atoms with Gasteiger partial charge in [0, 0.05) is 43.6 Å². The second-order valence-corrected chi connectivity index (χ2v) is 7.15. The molecule has 1 aromatic heterocycles. The minimum atomic E-state index is -0.456. The molecule has 1 N–H and O–H groups in total. The van der Waals surface area contributed by atoms with E-state index in [1.54, 1.807) is 36.5 Å². The molecule has 3 aromatic rings. The average molecular weight is 390 g/mol. The van der Waals surface area contributed by atoms with Crippen LogP contribution in [0.15, 0.2) is 66.9 Å². The van der Waals surface area contributed by atoms with Crippen LogP contribution in [0, 0.1) is 12.7 Å². The van der Waals surface area contributed by atoms with Crippen molar-refractivity contribution in [2.45, 2.75) is 6.92 Å². The maximum atomic E-state index is 13.8. The van der Waals surface area contributed by atoms with Gasteiger partial charge in [0.25, 0.3) is 5.91 Å². The van der Waals surface area contributed by atoms with Crippen LogP contribution in [0.4, 0.5) is 21.6 Å². The van der Waals surface area contributed by atoms with E-state index < -0.39 is 5.82 Å². The van der Waals surface area contributed by atoms with Crippen molar-refractivity contribution in [2.24, 2.45) is 0 Å². The average Bonchev–Trinajstić information content (AvgIpc) is 2.75. The highest BCUT2D eigenvalue weighted by molar-refractivity contribution is 6.04. The molecule has 2 heterocycles. The lowest BCUT2D eigenvalue weighted by atomic mass is 10.2. The molecule has 0 radical (unpaired) electrons. The fourth-order valence-corrected chi connectivity index (χ4v) is 3.51. The number of aromatic nitrogens is 1. The summed E-state index contributed by atoms with van der Waals surface area (Å²) in [5.74, 6) is -0.0466. The number of carbonyl (C=O) groups is 1. The van der Waals surface area contributed by atoms with E-state index in [1.165, 1.54) is 17.3 Å². The summed E-state index contributed by atoms with van der Waals surface area (Å²) in [6.07, 6.45) is 1.62. The first kappa shape index (κ1) is 18.9. The highest BCUT2D eigenvalue weighted by Crippen LogP contribution is 2.21. The van der Waals surface area contributed by atoms with Gasteiger partial charge in [-0.3, -0.25) is 4.79 Å². The standard InChI is InChI=1S/C23H23FN4O/c1-17-5-4-6-19(15-17)27-11-13-28(14-12-27)22-16-18(9-10-25-22)23(29)26-21-8-3-2-7-20(21)24/h2-10,15-16H,11-14H2,1H3,(H,26,29). The number of hydrogen-bond acceptors (Lipinski definition) is 4.